The molecule has 0 aromatic heterocycles. The van der Waals surface area contributed by atoms with Crippen LogP contribution in [0.5, 0.6) is 5.75 Å². The predicted octanol–water partition coefficient (Wildman–Crippen LogP) is 3.49. The van der Waals surface area contributed by atoms with Crippen LogP contribution in [0.4, 0.5) is 11.4 Å². The Morgan fingerprint density at radius 3 is 2.65 bits per heavy atom. The Bertz CT molecular complexity index is 656. The molecule has 0 aliphatic rings. The Labute approximate surface area is 122 Å². The number of nitrogens with one attached hydrogen (secondary N) is 1. The van der Waals surface area contributed by atoms with Gasteiger partial charge < -0.3 is 15.8 Å². The molecule has 2 rings (SSSR count). The van der Waals surface area contributed by atoms with Gasteiger partial charge in [0.2, 0.25) is 0 Å². The summed E-state index contributed by atoms with van der Waals surface area (Å²) in [5.41, 5.74) is 8.28. The molecular formula is C15H15ClN2O2. The van der Waals surface area contributed by atoms with E-state index < -0.39 is 0 Å². The smallest absolute Gasteiger partial charge is 0.255 e. The maximum absolute atomic E-state index is 12.2. The topological polar surface area (TPSA) is 64.3 Å². The number of carbonyl (C=O) groups excluding carboxylic acids is 1. The fourth-order valence-corrected chi connectivity index (χ4v) is 1.97. The third kappa shape index (κ3) is 3.03. The van der Waals surface area contributed by atoms with E-state index >= 15 is 0 Å². The van der Waals surface area contributed by atoms with E-state index in [0.29, 0.717) is 27.7 Å². The number of amides is 1. The second kappa shape index (κ2) is 5.84. The molecule has 4 nitrogen and oxygen atoms in total. The van der Waals surface area contributed by atoms with Gasteiger partial charge in [0.05, 0.1) is 12.8 Å². The van der Waals surface area contributed by atoms with Gasteiger partial charge in [0.25, 0.3) is 5.91 Å². The van der Waals surface area contributed by atoms with E-state index in [1.807, 2.05) is 13.0 Å². The molecule has 5 heteroatoms. The van der Waals surface area contributed by atoms with Crippen molar-refractivity contribution in [3.63, 3.8) is 0 Å². The van der Waals surface area contributed by atoms with E-state index in [9.17, 15) is 4.79 Å². The van der Waals surface area contributed by atoms with Crippen molar-refractivity contribution in [3.8, 4) is 5.75 Å². The molecule has 0 aliphatic heterocycles. The van der Waals surface area contributed by atoms with Crippen molar-refractivity contribution >= 4 is 28.9 Å². The molecular weight excluding hydrogens is 276 g/mol. The minimum absolute atomic E-state index is 0.246. The van der Waals surface area contributed by atoms with Crippen LogP contribution in [0.25, 0.3) is 0 Å². The third-order valence-electron chi connectivity index (χ3n) is 2.94. The average Bonchev–Trinajstić information content (AvgIpc) is 2.42. The number of nitrogen functional groups attached to an aromatic ring is 1. The van der Waals surface area contributed by atoms with E-state index in [-0.39, 0.29) is 5.91 Å². The first-order valence-corrected chi connectivity index (χ1v) is 6.40. The summed E-state index contributed by atoms with van der Waals surface area (Å²) in [6.07, 6.45) is 0. The molecule has 0 radical (unpaired) electrons. The van der Waals surface area contributed by atoms with Crippen molar-refractivity contribution < 1.29 is 9.53 Å². The minimum Gasteiger partial charge on any atom is -0.495 e. The van der Waals surface area contributed by atoms with Gasteiger partial charge in [0.1, 0.15) is 5.75 Å². The molecule has 20 heavy (non-hydrogen) atoms. The molecule has 0 heterocycles. The fraction of sp³-hybridized carbons (Fsp3) is 0.133. The third-order valence-corrected chi connectivity index (χ3v) is 3.17. The highest BCUT2D eigenvalue weighted by Gasteiger charge is 2.10. The van der Waals surface area contributed by atoms with Crippen LogP contribution in [0.2, 0.25) is 5.02 Å². The second-order valence-electron chi connectivity index (χ2n) is 4.37. The lowest BCUT2D eigenvalue weighted by Crippen LogP contribution is -2.13. The molecule has 1 amide bonds. The van der Waals surface area contributed by atoms with Crippen LogP contribution in [-0.4, -0.2) is 13.0 Å². The maximum Gasteiger partial charge on any atom is 0.255 e. The Morgan fingerprint density at radius 1 is 1.25 bits per heavy atom. The largest absolute Gasteiger partial charge is 0.495 e. The zero-order chi connectivity index (χ0) is 14.7. The van der Waals surface area contributed by atoms with Gasteiger partial charge in [-0.25, -0.2) is 0 Å². The first-order valence-electron chi connectivity index (χ1n) is 6.02. The van der Waals surface area contributed by atoms with Crippen LogP contribution in [0, 0.1) is 6.92 Å². The van der Waals surface area contributed by atoms with Crippen LogP contribution >= 0.6 is 11.6 Å². The zero-order valence-electron chi connectivity index (χ0n) is 11.2. The van der Waals surface area contributed by atoms with Crippen molar-refractivity contribution in [1.29, 1.82) is 0 Å². The number of hydrogen-bond donors (Lipinski definition) is 2. The van der Waals surface area contributed by atoms with Gasteiger partial charge in [-0.05, 0) is 42.8 Å². The summed E-state index contributed by atoms with van der Waals surface area (Å²) >= 11 is 5.92. The highest BCUT2D eigenvalue weighted by atomic mass is 35.5. The Hall–Kier alpha value is -2.20. The van der Waals surface area contributed by atoms with Crippen LogP contribution in [-0.2, 0) is 0 Å². The standard InChI is InChI=1S/C15H15ClN2O2/c1-9-3-5-11(16)8-13(9)18-15(19)10-4-6-14(20-2)12(17)7-10/h3-8H,17H2,1-2H3,(H,18,19). The first-order chi connectivity index (χ1) is 9.51. The fourth-order valence-electron chi connectivity index (χ4n) is 1.80. The number of methoxy groups -OCH3 is 1. The normalized spacial score (nSPS) is 10.2. The molecule has 0 aliphatic carbocycles. The number of rotatable bonds is 3. The van der Waals surface area contributed by atoms with Gasteiger partial charge in [-0.15, -0.1) is 0 Å². The number of carbonyl (C=O) groups is 1. The summed E-state index contributed by atoms with van der Waals surface area (Å²) in [5, 5.41) is 3.38. The van der Waals surface area contributed by atoms with E-state index in [4.69, 9.17) is 22.1 Å². The summed E-state index contributed by atoms with van der Waals surface area (Å²) < 4.78 is 5.06. The number of halogens is 1. The molecule has 0 bridgehead atoms. The van der Waals surface area contributed by atoms with Gasteiger partial charge in [-0.2, -0.15) is 0 Å². The number of nitrogens with two attached hydrogens (primary N) is 1. The first kappa shape index (κ1) is 14.2. The Morgan fingerprint density at radius 2 is 2.00 bits per heavy atom. The summed E-state index contributed by atoms with van der Waals surface area (Å²) in [6, 6.07) is 10.2. The molecule has 2 aromatic carbocycles. The lowest BCUT2D eigenvalue weighted by molar-refractivity contribution is 0.102. The van der Waals surface area contributed by atoms with Crippen molar-refractivity contribution in [2.45, 2.75) is 6.92 Å². The van der Waals surface area contributed by atoms with Gasteiger partial charge >= 0.3 is 0 Å². The monoisotopic (exact) mass is 290 g/mol. The number of aryl methyl sites for hydroxylation is 1. The van der Waals surface area contributed by atoms with E-state index in [2.05, 4.69) is 5.32 Å². The predicted molar refractivity (Wildman–Crippen MR) is 81.5 cm³/mol. The highest BCUT2D eigenvalue weighted by molar-refractivity contribution is 6.31. The number of benzene rings is 2. The summed E-state index contributed by atoms with van der Waals surface area (Å²) in [7, 11) is 1.53. The maximum atomic E-state index is 12.2. The molecule has 0 fully saturated rings. The van der Waals surface area contributed by atoms with Crippen molar-refractivity contribution in [2.24, 2.45) is 0 Å². The van der Waals surface area contributed by atoms with E-state index in [1.54, 1.807) is 30.3 Å². The number of ether oxygens (including phenoxy) is 1. The number of hydrogen-bond acceptors (Lipinski definition) is 3. The van der Waals surface area contributed by atoms with Crippen LogP contribution in [0.1, 0.15) is 15.9 Å². The van der Waals surface area contributed by atoms with Gasteiger partial charge in [0.15, 0.2) is 0 Å². The van der Waals surface area contributed by atoms with Crippen molar-refractivity contribution in [1.82, 2.24) is 0 Å². The van der Waals surface area contributed by atoms with Crippen molar-refractivity contribution in [3.05, 3.63) is 52.5 Å². The lowest BCUT2D eigenvalue weighted by atomic mass is 10.1. The quantitative estimate of drug-likeness (QED) is 0.851. The summed E-state index contributed by atoms with van der Waals surface area (Å²) in [4.78, 5) is 12.2. The second-order valence-corrected chi connectivity index (χ2v) is 4.81. The van der Waals surface area contributed by atoms with Gasteiger partial charge in [0, 0.05) is 16.3 Å². The number of anilines is 2. The molecule has 0 spiro atoms. The SMILES string of the molecule is COc1ccc(C(=O)Nc2cc(Cl)ccc2C)cc1N. The Kier molecular flexibility index (Phi) is 4.15. The average molecular weight is 291 g/mol. The lowest BCUT2D eigenvalue weighted by Gasteiger charge is -2.10. The molecule has 0 saturated heterocycles. The van der Waals surface area contributed by atoms with Crippen LogP contribution in [0.3, 0.4) is 0 Å². The molecule has 104 valence electrons. The molecule has 0 atom stereocenters. The van der Waals surface area contributed by atoms with Crippen LogP contribution in [0.15, 0.2) is 36.4 Å². The van der Waals surface area contributed by atoms with Gasteiger partial charge in [-0.1, -0.05) is 17.7 Å². The molecule has 0 saturated carbocycles. The minimum atomic E-state index is -0.246. The van der Waals surface area contributed by atoms with Gasteiger partial charge in [-0.3, -0.25) is 4.79 Å². The summed E-state index contributed by atoms with van der Waals surface area (Å²) in [5.74, 6) is 0.296. The van der Waals surface area contributed by atoms with Crippen molar-refractivity contribution in [2.75, 3.05) is 18.2 Å². The van der Waals surface area contributed by atoms with E-state index in [1.165, 1.54) is 7.11 Å². The molecule has 3 N–H and O–H groups in total. The van der Waals surface area contributed by atoms with E-state index in [0.717, 1.165) is 5.56 Å². The molecule has 2 aromatic rings. The summed E-state index contributed by atoms with van der Waals surface area (Å²) in [6.45, 7) is 1.90. The molecule has 0 unspecified atom stereocenters. The van der Waals surface area contributed by atoms with Crippen LogP contribution < -0.4 is 15.8 Å². The highest BCUT2D eigenvalue weighted by Crippen LogP contribution is 2.24. The zero-order valence-corrected chi connectivity index (χ0v) is 12.0. The Balaban J connectivity index is 2.24.